The van der Waals surface area contributed by atoms with Crippen molar-refractivity contribution in [1.29, 1.82) is 0 Å². The van der Waals surface area contributed by atoms with Gasteiger partial charge in [-0.2, -0.15) is 0 Å². The van der Waals surface area contributed by atoms with Gasteiger partial charge in [0.05, 0.1) is 0 Å². The maximum atomic E-state index is 13.6. The molecule has 108 valence electrons. The zero-order valence-electron chi connectivity index (χ0n) is 11.7. The normalized spacial score (nSPS) is 10.3. The summed E-state index contributed by atoms with van der Waals surface area (Å²) in [7, 11) is -1.90. The Morgan fingerprint density at radius 2 is 1.86 bits per heavy atom. The lowest BCUT2D eigenvalue weighted by atomic mass is 9.79. The number of amides is 1. The van der Waals surface area contributed by atoms with Crippen LogP contribution in [0.25, 0.3) is 0 Å². The number of rotatable bonds is 3. The molecule has 0 aliphatic carbocycles. The first-order chi connectivity index (χ1) is 9.88. The summed E-state index contributed by atoms with van der Waals surface area (Å²) in [5.41, 5.74) is 2.40. The average molecular weight is 287 g/mol. The van der Waals surface area contributed by atoms with Crippen molar-refractivity contribution < 1.29 is 19.2 Å². The van der Waals surface area contributed by atoms with Gasteiger partial charge < -0.3 is 15.4 Å². The predicted molar refractivity (Wildman–Crippen MR) is 80.1 cm³/mol. The number of benzene rings is 2. The third kappa shape index (κ3) is 3.48. The van der Waals surface area contributed by atoms with Gasteiger partial charge in [-0.3, -0.25) is 4.79 Å². The second-order valence-electron chi connectivity index (χ2n) is 4.88. The lowest BCUT2D eigenvalue weighted by Crippen LogP contribution is -2.33. The molecule has 0 bridgehead atoms. The molecule has 2 aromatic rings. The van der Waals surface area contributed by atoms with Crippen molar-refractivity contribution in [2.45, 2.75) is 13.8 Å². The molecule has 0 saturated carbocycles. The molecule has 6 heteroatoms. The van der Waals surface area contributed by atoms with Gasteiger partial charge in [0.25, 0.3) is 5.91 Å². The molecule has 0 fully saturated rings. The van der Waals surface area contributed by atoms with E-state index in [9.17, 15) is 9.18 Å². The zero-order chi connectivity index (χ0) is 15.6. The number of hydrogen-bond acceptors (Lipinski definition) is 3. The van der Waals surface area contributed by atoms with E-state index in [4.69, 9.17) is 10.0 Å². The summed E-state index contributed by atoms with van der Waals surface area (Å²) in [5, 5.41) is 20.6. The highest BCUT2D eigenvalue weighted by Crippen LogP contribution is 2.17. The van der Waals surface area contributed by atoms with Crippen molar-refractivity contribution >= 4 is 24.2 Å². The van der Waals surface area contributed by atoms with Gasteiger partial charge in [-0.25, -0.2) is 4.39 Å². The molecule has 2 aromatic carbocycles. The molecule has 2 rings (SSSR count). The van der Waals surface area contributed by atoms with Crippen LogP contribution >= 0.6 is 0 Å². The number of nitrogens with one attached hydrogen (secondary N) is 1. The second kappa shape index (κ2) is 6.07. The molecular formula is C15H15BFNO3. The van der Waals surface area contributed by atoms with Crippen LogP contribution in [0.3, 0.4) is 0 Å². The number of carbonyl (C=O) groups is 1. The first kappa shape index (κ1) is 15.2. The van der Waals surface area contributed by atoms with Crippen LogP contribution in [0.1, 0.15) is 21.5 Å². The standard InChI is InChI=1S/C15H15BFNO3/c1-9-3-4-10(2)14(7-9)18-15(19)11-5-6-12(16(20)21)13(17)8-11/h3-8,20-21H,1-2H3,(H,18,19). The minimum Gasteiger partial charge on any atom is -0.423 e. The first-order valence-corrected chi connectivity index (χ1v) is 6.42. The highest BCUT2D eigenvalue weighted by Gasteiger charge is 2.18. The molecule has 1 amide bonds. The SMILES string of the molecule is Cc1ccc(C)c(NC(=O)c2ccc(B(O)O)c(F)c2)c1. The molecule has 0 aliphatic rings. The number of anilines is 1. The van der Waals surface area contributed by atoms with E-state index in [1.54, 1.807) is 0 Å². The van der Waals surface area contributed by atoms with Crippen LogP contribution in [0.4, 0.5) is 10.1 Å². The largest absolute Gasteiger partial charge is 0.491 e. The summed E-state index contributed by atoms with van der Waals surface area (Å²) in [6.07, 6.45) is 0. The molecule has 3 N–H and O–H groups in total. The minimum atomic E-state index is -1.90. The highest BCUT2D eigenvalue weighted by atomic mass is 19.1. The van der Waals surface area contributed by atoms with Crippen LogP contribution < -0.4 is 10.8 Å². The molecular weight excluding hydrogens is 272 g/mol. The second-order valence-corrected chi connectivity index (χ2v) is 4.88. The van der Waals surface area contributed by atoms with Gasteiger partial charge in [0, 0.05) is 16.7 Å². The van der Waals surface area contributed by atoms with Crippen molar-refractivity contribution in [1.82, 2.24) is 0 Å². The van der Waals surface area contributed by atoms with E-state index in [0.29, 0.717) is 5.69 Å². The van der Waals surface area contributed by atoms with E-state index in [-0.39, 0.29) is 11.0 Å². The van der Waals surface area contributed by atoms with Gasteiger partial charge in [0.15, 0.2) is 0 Å². The Morgan fingerprint density at radius 1 is 1.14 bits per heavy atom. The molecule has 0 aliphatic heterocycles. The van der Waals surface area contributed by atoms with Crippen molar-refractivity contribution in [3.05, 3.63) is 58.9 Å². The molecule has 0 unspecified atom stereocenters. The summed E-state index contributed by atoms with van der Waals surface area (Å²) in [6, 6.07) is 9.15. The highest BCUT2D eigenvalue weighted by molar-refractivity contribution is 6.58. The van der Waals surface area contributed by atoms with Crippen LogP contribution in [0.15, 0.2) is 36.4 Å². The van der Waals surface area contributed by atoms with Gasteiger partial charge >= 0.3 is 7.12 Å². The summed E-state index contributed by atoms with van der Waals surface area (Å²) >= 11 is 0. The van der Waals surface area contributed by atoms with Gasteiger partial charge in [-0.05, 0) is 43.2 Å². The quantitative estimate of drug-likeness (QED) is 0.747. The van der Waals surface area contributed by atoms with Crippen molar-refractivity contribution in [2.75, 3.05) is 5.32 Å². The van der Waals surface area contributed by atoms with Crippen LogP contribution in [0.5, 0.6) is 0 Å². The van der Waals surface area contributed by atoms with Gasteiger partial charge in [-0.15, -0.1) is 0 Å². The molecule has 0 aromatic heterocycles. The van der Waals surface area contributed by atoms with E-state index >= 15 is 0 Å². The van der Waals surface area contributed by atoms with Crippen LogP contribution in [0, 0.1) is 19.7 Å². The molecule has 0 heterocycles. The molecule has 0 atom stereocenters. The lowest BCUT2D eigenvalue weighted by Gasteiger charge is -2.10. The van der Waals surface area contributed by atoms with Crippen molar-refractivity contribution in [3.63, 3.8) is 0 Å². The fourth-order valence-corrected chi connectivity index (χ4v) is 1.94. The van der Waals surface area contributed by atoms with Gasteiger partial charge in [0.2, 0.25) is 0 Å². The maximum Gasteiger partial charge on any atom is 0.491 e. The molecule has 4 nitrogen and oxygen atoms in total. The molecule has 21 heavy (non-hydrogen) atoms. The summed E-state index contributed by atoms with van der Waals surface area (Å²) in [6.45, 7) is 3.77. The Balaban J connectivity index is 2.24. The van der Waals surface area contributed by atoms with Gasteiger partial charge in [-0.1, -0.05) is 18.2 Å². The Morgan fingerprint density at radius 3 is 2.48 bits per heavy atom. The third-order valence-corrected chi connectivity index (χ3v) is 3.18. The average Bonchev–Trinajstić information content (AvgIpc) is 2.42. The summed E-state index contributed by atoms with van der Waals surface area (Å²) in [4.78, 5) is 12.1. The number of halogens is 1. The van der Waals surface area contributed by atoms with Crippen LogP contribution in [-0.4, -0.2) is 23.1 Å². The zero-order valence-corrected chi connectivity index (χ0v) is 11.7. The minimum absolute atomic E-state index is 0.109. The summed E-state index contributed by atoms with van der Waals surface area (Å²) in [5.74, 6) is -1.29. The van der Waals surface area contributed by atoms with Crippen LogP contribution in [0.2, 0.25) is 0 Å². The Labute approximate surface area is 122 Å². The molecule has 0 saturated heterocycles. The van der Waals surface area contributed by atoms with E-state index < -0.39 is 18.8 Å². The Kier molecular flexibility index (Phi) is 4.40. The fourth-order valence-electron chi connectivity index (χ4n) is 1.94. The monoisotopic (exact) mass is 287 g/mol. The predicted octanol–water partition coefficient (Wildman–Crippen LogP) is 1.37. The van der Waals surface area contributed by atoms with Gasteiger partial charge in [0.1, 0.15) is 5.82 Å². The fraction of sp³-hybridized carbons (Fsp3) is 0.133. The topological polar surface area (TPSA) is 69.6 Å². The first-order valence-electron chi connectivity index (χ1n) is 6.42. The van der Waals surface area contributed by atoms with E-state index in [1.165, 1.54) is 12.1 Å². The molecule has 0 spiro atoms. The number of carbonyl (C=O) groups excluding carboxylic acids is 1. The Hall–Kier alpha value is -2.18. The van der Waals surface area contributed by atoms with Crippen molar-refractivity contribution in [2.24, 2.45) is 0 Å². The van der Waals surface area contributed by atoms with E-state index in [1.807, 2.05) is 32.0 Å². The number of hydrogen-bond donors (Lipinski definition) is 3. The number of aryl methyl sites for hydroxylation is 2. The maximum absolute atomic E-state index is 13.6. The van der Waals surface area contributed by atoms with Crippen molar-refractivity contribution in [3.8, 4) is 0 Å². The summed E-state index contributed by atoms with van der Waals surface area (Å²) < 4.78 is 13.6. The van der Waals surface area contributed by atoms with E-state index in [0.717, 1.165) is 17.2 Å². The Bertz CT molecular complexity index is 689. The van der Waals surface area contributed by atoms with E-state index in [2.05, 4.69) is 5.32 Å². The third-order valence-electron chi connectivity index (χ3n) is 3.18. The van der Waals surface area contributed by atoms with Crippen LogP contribution in [-0.2, 0) is 0 Å². The lowest BCUT2D eigenvalue weighted by molar-refractivity contribution is 0.102. The smallest absolute Gasteiger partial charge is 0.423 e. The molecule has 0 radical (unpaired) electrons.